The van der Waals surface area contributed by atoms with Crippen LogP contribution in [0.3, 0.4) is 0 Å². The second-order valence-electron chi connectivity index (χ2n) is 4.40. The second kappa shape index (κ2) is 4.56. The molecule has 1 saturated heterocycles. The number of piperidine rings is 1. The fourth-order valence-corrected chi connectivity index (χ4v) is 2.38. The molecular weight excluding hydrogens is 202 g/mol. The predicted molar refractivity (Wildman–Crippen MR) is 62.5 cm³/mol. The lowest BCUT2D eigenvalue weighted by Crippen LogP contribution is -2.37. The number of aryl methyl sites for hydroxylation is 1. The van der Waals surface area contributed by atoms with E-state index in [0.717, 1.165) is 24.8 Å². The van der Waals surface area contributed by atoms with Crippen LogP contribution >= 0.6 is 0 Å². The minimum Gasteiger partial charge on any atom is -0.465 e. The summed E-state index contributed by atoms with van der Waals surface area (Å²) in [5.41, 5.74) is 2.32. The van der Waals surface area contributed by atoms with Crippen LogP contribution in [0.4, 0.5) is 4.79 Å². The van der Waals surface area contributed by atoms with Gasteiger partial charge in [0.1, 0.15) is 0 Å². The monoisotopic (exact) mass is 219 g/mol. The van der Waals surface area contributed by atoms with Crippen molar-refractivity contribution in [1.82, 2.24) is 4.90 Å². The van der Waals surface area contributed by atoms with Gasteiger partial charge in [0.2, 0.25) is 0 Å². The largest absolute Gasteiger partial charge is 0.465 e. The molecule has 86 valence electrons. The van der Waals surface area contributed by atoms with Gasteiger partial charge in [0.05, 0.1) is 6.04 Å². The Labute approximate surface area is 95.7 Å². The van der Waals surface area contributed by atoms with Gasteiger partial charge in [0.25, 0.3) is 0 Å². The third kappa shape index (κ3) is 2.18. The van der Waals surface area contributed by atoms with E-state index in [0.29, 0.717) is 6.54 Å². The number of nitrogens with zero attached hydrogens (tertiary/aromatic N) is 1. The molecule has 1 atom stereocenters. The molecule has 2 rings (SSSR count). The quantitative estimate of drug-likeness (QED) is 0.788. The van der Waals surface area contributed by atoms with E-state index in [1.165, 1.54) is 5.56 Å². The first-order chi connectivity index (χ1) is 7.68. The number of hydrogen-bond donors (Lipinski definition) is 1. The maximum Gasteiger partial charge on any atom is 0.407 e. The number of carbonyl (C=O) groups is 1. The van der Waals surface area contributed by atoms with Crippen LogP contribution in [0.1, 0.15) is 36.4 Å². The van der Waals surface area contributed by atoms with E-state index in [4.69, 9.17) is 5.11 Å². The molecule has 1 aromatic rings. The molecule has 3 nitrogen and oxygen atoms in total. The van der Waals surface area contributed by atoms with E-state index >= 15 is 0 Å². The van der Waals surface area contributed by atoms with Gasteiger partial charge in [-0.2, -0.15) is 0 Å². The third-order valence-electron chi connectivity index (χ3n) is 3.18. The third-order valence-corrected chi connectivity index (χ3v) is 3.18. The molecule has 16 heavy (non-hydrogen) atoms. The van der Waals surface area contributed by atoms with Crippen LogP contribution in [0.2, 0.25) is 0 Å². The van der Waals surface area contributed by atoms with Gasteiger partial charge in [-0.05, 0) is 31.7 Å². The fraction of sp³-hybridized carbons (Fsp3) is 0.462. The van der Waals surface area contributed by atoms with E-state index in [9.17, 15) is 4.79 Å². The van der Waals surface area contributed by atoms with Gasteiger partial charge in [-0.25, -0.2) is 4.79 Å². The van der Waals surface area contributed by atoms with Gasteiger partial charge in [-0.1, -0.05) is 29.8 Å². The van der Waals surface area contributed by atoms with Crippen LogP contribution in [-0.2, 0) is 0 Å². The summed E-state index contributed by atoms with van der Waals surface area (Å²) in [4.78, 5) is 12.7. The Bertz CT molecular complexity index is 389. The maximum absolute atomic E-state index is 11.1. The molecule has 0 saturated carbocycles. The van der Waals surface area contributed by atoms with Crippen molar-refractivity contribution in [2.75, 3.05) is 6.54 Å². The molecule has 0 spiro atoms. The molecule has 0 bridgehead atoms. The average molecular weight is 219 g/mol. The summed E-state index contributed by atoms with van der Waals surface area (Å²) < 4.78 is 0. The van der Waals surface area contributed by atoms with Crippen LogP contribution in [0.15, 0.2) is 24.3 Å². The highest BCUT2D eigenvalue weighted by Crippen LogP contribution is 2.31. The molecule has 1 amide bonds. The highest BCUT2D eigenvalue weighted by Gasteiger charge is 2.27. The zero-order chi connectivity index (χ0) is 11.5. The summed E-state index contributed by atoms with van der Waals surface area (Å²) >= 11 is 0. The normalized spacial score (nSPS) is 20.8. The molecule has 1 aliphatic rings. The Kier molecular flexibility index (Phi) is 3.13. The van der Waals surface area contributed by atoms with Gasteiger partial charge >= 0.3 is 6.09 Å². The lowest BCUT2D eigenvalue weighted by Gasteiger charge is -2.34. The number of benzene rings is 1. The van der Waals surface area contributed by atoms with Gasteiger partial charge in [-0.3, -0.25) is 0 Å². The van der Waals surface area contributed by atoms with Crippen molar-refractivity contribution in [3.63, 3.8) is 0 Å². The number of likely N-dealkylation sites (tertiary alicyclic amines) is 1. The maximum atomic E-state index is 11.1. The van der Waals surface area contributed by atoms with Crippen molar-refractivity contribution in [1.29, 1.82) is 0 Å². The van der Waals surface area contributed by atoms with Crippen molar-refractivity contribution < 1.29 is 9.90 Å². The van der Waals surface area contributed by atoms with Crippen LogP contribution in [0, 0.1) is 6.92 Å². The lowest BCUT2D eigenvalue weighted by atomic mass is 9.95. The lowest BCUT2D eigenvalue weighted by molar-refractivity contribution is 0.106. The van der Waals surface area contributed by atoms with Crippen molar-refractivity contribution in [2.24, 2.45) is 0 Å². The summed E-state index contributed by atoms with van der Waals surface area (Å²) in [5.74, 6) is 0. The molecule has 1 unspecified atom stereocenters. The van der Waals surface area contributed by atoms with E-state index in [-0.39, 0.29) is 6.04 Å². The smallest absolute Gasteiger partial charge is 0.407 e. The Morgan fingerprint density at radius 1 is 1.44 bits per heavy atom. The highest BCUT2D eigenvalue weighted by atomic mass is 16.4. The first kappa shape index (κ1) is 11.0. The van der Waals surface area contributed by atoms with Crippen molar-refractivity contribution >= 4 is 6.09 Å². The Morgan fingerprint density at radius 2 is 2.25 bits per heavy atom. The minimum atomic E-state index is -0.800. The fourth-order valence-electron chi connectivity index (χ4n) is 2.38. The number of amides is 1. The molecule has 0 aliphatic carbocycles. The Morgan fingerprint density at radius 3 is 2.94 bits per heavy atom. The zero-order valence-corrected chi connectivity index (χ0v) is 9.52. The molecule has 0 aromatic heterocycles. The van der Waals surface area contributed by atoms with Gasteiger partial charge in [-0.15, -0.1) is 0 Å². The standard InChI is InChI=1S/C13H17NO2/c1-10-5-4-6-11(9-10)12-7-2-3-8-14(12)13(15)16/h4-6,9,12H,2-3,7-8H2,1H3,(H,15,16). The zero-order valence-electron chi connectivity index (χ0n) is 9.52. The topological polar surface area (TPSA) is 40.5 Å². The summed E-state index contributed by atoms with van der Waals surface area (Å²) in [6, 6.07) is 8.20. The molecule has 3 heteroatoms. The summed E-state index contributed by atoms with van der Waals surface area (Å²) in [6.45, 7) is 2.70. The molecule has 1 N–H and O–H groups in total. The minimum absolute atomic E-state index is 0.0474. The second-order valence-corrected chi connectivity index (χ2v) is 4.40. The summed E-state index contributed by atoms with van der Waals surface area (Å²) in [6.07, 6.45) is 2.23. The summed E-state index contributed by atoms with van der Waals surface area (Å²) in [7, 11) is 0. The number of hydrogen-bond acceptors (Lipinski definition) is 1. The van der Waals surface area contributed by atoms with Crippen LogP contribution in [0.25, 0.3) is 0 Å². The molecular formula is C13H17NO2. The van der Waals surface area contributed by atoms with E-state index in [2.05, 4.69) is 6.07 Å². The summed E-state index contributed by atoms with van der Waals surface area (Å²) in [5, 5.41) is 9.17. The molecule has 1 heterocycles. The van der Waals surface area contributed by atoms with Gasteiger partial charge in [0, 0.05) is 6.54 Å². The van der Waals surface area contributed by atoms with Crippen molar-refractivity contribution in [3.05, 3.63) is 35.4 Å². The van der Waals surface area contributed by atoms with Crippen LogP contribution in [0.5, 0.6) is 0 Å². The predicted octanol–water partition coefficient (Wildman–Crippen LogP) is 3.20. The number of carboxylic acid groups (broad SMARTS) is 1. The van der Waals surface area contributed by atoms with Crippen molar-refractivity contribution in [2.45, 2.75) is 32.2 Å². The average Bonchev–Trinajstić information content (AvgIpc) is 2.29. The van der Waals surface area contributed by atoms with Crippen molar-refractivity contribution in [3.8, 4) is 0 Å². The first-order valence-corrected chi connectivity index (χ1v) is 5.74. The molecule has 1 aliphatic heterocycles. The Balaban J connectivity index is 2.26. The van der Waals surface area contributed by atoms with E-state index in [1.54, 1.807) is 4.90 Å². The highest BCUT2D eigenvalue weighted by molar-refractivity contribution is 5.66. The Hall–Kier alpha value is -1.51. The molecule has 1 aromatic carbocycles. The van der Waals surface area contributed by atoms with Gasteiger partial charge < -0.3 is 10.0 Å². The van der Waals surface area contributed by atoms with Crippen LogP contribution < -0.4 is 0 Å². The first-order valence-electron chi connectivity index (χ1n) is 5.74. The SMILES string of the molecule is Cc1cccc(C2CCCCN2C(=O)O)c1. The van der Waals surface area contributed by atoms with E-state index in [1.807, 2.05) is 25.1 Å². The van der Waals surface area contributed by atoms with E-state index < -0.39 is 6.09 Å². The van der Waals surface area contributed by atoms with Crippen LogP contribution in [-0.4, -0.2) is 22.6 Å². The number of rotatable bonds is 1. The molecule has 1 fully saturated rings. The molecule has 0 radical (unpaired) electrons. The van der Waals surface area contributed by atoms with Gasteiger partial charge in [0.15, 0.2) is 0 Å².